The molecule has 1 aromatic carbocycles. The number of aryl methyl sites for hydroxylation is 2. The van der Waals surface area contributed by atoms with Crippen LogP contribution in [0.5, 0.6) is 0 Å². The second kappa shape index (κ2) is 4.39. The highest BCUT2D eigenvalue weighted by Crippen LogP contribution is 2.20. The minimum Gasteiger partial charge on any atom is -0.326 e. The van der Waals surface area contributed by atoms with Crippen LogP contribution in [0.4, 0.5) is 0 Å². The monoisotopic (exact) mass is 279 g/mol. The summed E-state index contributed by atoms with van der Waals surface area (Å²) < 4.78 is 2.98. The van der Waals surface area contributed by atoms with Crippen molar-refractivity contribution in [3.63, 3.8) is 0 Å². The van der Waals surface area contributed by atoms with Crippen molar-refractivity contribution >= 4 is 15.9 Å². The Morgan fingerprint density at radius 1 is 1.38 bits per heavy atom. The Balaban J connectivity index is 2.46. The van der Waals surface area contributed by atoms with E-state index in [4.69, 9.17) is 5.73 Å². The second-order valence-electron chi connectivity index (χ2n) is 3.82. The summed E-state index contributed by atoms with van der Waals surface area (Å²) in [6, 6.07) is 6.16. The van der Waals surface area contributed by atoms with Crippen molar-refractivity contribution in [1.82, 2.24) is 9.78 Å². The number of benzene rings is 1. The van der Waals surface area contributed by atoms with Crippen molar-refractivity contribution in [1.29, 1.82) is 0 Å². The molecule has 1 aromatic heterocycles. The number of halogens is 1. The third kappa shape index (κ3) is 2.03. The Kier molecular flexibility index (Phi) is 3.12. The number of hydrogen-bond acceptors (Lipinski definition) is 2. The van der Waals surface area contributed by atoms with Gasteiger partial charge in [0.1, 0.15) is 0 Å². The van der Waals surface area contributed by atoms with E-state index in [0.29, 0.717) is 6.54 Å². The van der Waals surface area contributed by atoms with Crippen LogP contribution in [-0.4, -0.2) is 9.78 Å². The molecule has 0 fully saturated rings. The molecule has 0 amide bonds. The van der Waals surface area contributed by atoms with Gasteiger partial charge in [0.15, 0.2) is 0 Å². The van der Waals surface area contributed by atoms with Gasteiger partial charge in [0.2, 0.25) is 0 Å². The van der Waals surface area contributed by atoms with E-state index < -0.39 is 0 Å². The molecule has 1 heterocycles. The largest absolute Gasteiger partial charge is 0.326 e. The molecule has 0 saturated carbocycles. The zero-order valence-corrected chi connectivity index (χ0v) is 11.0. The Morgan fingerprint density at radius 2 is 2.12 bits per heavy atom. The molecular weight excluding hydrogens is 266 g/mol. The highest BCUT2D eigenvalue weighted by atomic mass is 79.9. The van der Waals surface area contributed by atoms with E-state index in [1.165, 1.54) is 5.56 Å². The van der Waals surface area contributed by atoms with E-state index in [-0.39, 0.29) is 0 Å². The van der Waals surface area contributed by atoms with Crippen LogP contribution in [0.2, 0.25) is 0 Å². The molecule has 2 aromatic rings. The van der Waals surface area contributed by atoms with Crippen LogP contribution in [0.15, 0.2) is 28.9 Å². The average molecular weight is 280 g/mol. The van der Waals surface area contributed by atoms with Gasteiger partial charge < -0.3 is 5.73 Å². The fourth-order valence-electron chi connectivity index (χ4n) is 1.60. The SMILES string of the molecule is Cc1cc(-n2cc(CN)c(C)n2)ccc1Br. The summed E-state index contributed by atoms with van der Waals surface area (Å²) in [7, 11) is 0. The number of hydrogen-bond donors (Lipinski definition) is 1. The van der Waals surface area contributed by atoms with Crippen molar-refractivity contribution in [2.24, 2.45) is 5.73 Å². The molecule has 0 aliphatic heterocycles. The van der Waals surface area contributed by atoms with E-state index in [1.54, 1.807) is 0 Å². The topological polar surface area (TPSA) is 43.8 Å². The Hall–Kier alpha value is -1.13. The van der Waals surface area contributed by atoms with Crippen LogP contribution in [0, 0.1) is 13.8 Å². The van der Waals surface area contributed by atoms with Gasteiger partial charge in [-0.05, 0) is 37.6 Å². The standard InChI is InChI=1S/C12H14BrN3/c1-8-5-11(3-4-12(8)13)16-7-10(6-14)9(2)15-16/h3-5,7H,6,14H2,1-2H3. The van der Waals surface area contributed by atoms with Crippen LogP contribution in [-0.2, 0) is 6.54 Å². The van der Waals surface area contributed by atoms with Gasteiger partial charge in [-0.1, -0.05) is 15.9 Å². The molecule has 0 unspecified atom stereocenters. The summed E-state index contributed by atoms with van der Waals surface area (Å²) in [5.74, 6) is 0. The lowest BCUT2D eigenvalue weighted by Gasteiger charge is -2.03. The van der Waals surface area contributed by atoms with E-state index in [0.717, 1.165) is 21.4 Å². The van der Waals surface area contributed by atoms with Gasteiger partial charge in [-0.3, -0.25) is 0 Å². The van der Waals surface area contributed by atoms with Crippen LogP contribution in [0.25, 0.3) is 5.69 Å². The van der Waals surface area contributed by atoms with E-state index in [2.05, 4.69) is 34.0 Å². The smallest absolute Gasteiger partial charge is 0.0649 e. The molecule has 0 spiro atoms. The van der Waals surface area contributed by atoms with Gasteiger partial charge in [-0.15, -0.1) is 0 Å². The second-order valence-corrected chi connectivity index (χ2v) is 4.68. The van der Waals surface area contributed by atoms with Crippen LogP contribution >= 0.6 is 15.9 Å². The van der Waals surface area contributed by atoms with Crippen molar-refractivity contribution in [3.8, 4) is 5.69 Å². The average Bonchev–Trinajstić information content (AvgIpc) is 2.64. The zero-order valence-electron chi connectivity index (χ0n) is 9.37. The molecule has 16 heavy (non-hydrogen) atoms. The van der Waals surface area contributed by atoms with Crippen molar-refractivity contribution in [2.75, 3.05) is 0 Å². The lowest BCUT2D eigenvalue weighted by molar-refractivity contribution is 0.861. The fraction of sp³-hybridized carbons (Fsp3) is 0.250. The summed E-state index contributed by atoms with van der Waals surface area (Å²) in [6.07, 6.45) is 1.98. The van der Waals surface area contributed by atoms with Crippen LogP contribution in [0.3, 0.4) is 0 Å². The van der Waals surface area contributed by atoms with Crippen molar-refractivity contribution in [3.05, 3.63) is 45.7 Å². The van der Waals surface area contributed by atoms with Gasteiger partial charge in [-0.2, -0.15) is 5.10 Å². The first-order chi connectivity index (χ1) is 7.61. The van der Waals surface area contributed by atoms with Gasteiger partial charge >= 0.3 is 0 Å². The Labute approximate surface area is 103 Å². The third-order valence-electron chi connectivity index (χ3n) is 2.63. The van der Waals surface area contributed by atoms with Crippen molar-refractivity contribution < 1.29 is 0 Å². The molecule has 84 valence electrons. The minimum absolute atomic E-state index is 0.529. The van der Waals surface area contributed by atoms with Crippen molar-refractivity contribution in [2.45, 2.75) is 20.4 Å². The normalized spacial score (nSPS) is 10.8. The predicted octanol–water partition coefficient (Wildman–Crippen LogP) is 2.71. The minimum atomic E-state index is 0.529. The summed E-state index contributed by atoms with van der Waals surface area (Å²) in [4.78, 5) is 0. The lowest BCUT2D eigenvalue weighted by atomic mass is 10.2. The summed E-state index contributed by atoms with van der Waals surface area (Å²) >= 11 is 3.49. The molecule has 0 bridgehead atoms. The number of nitrogens with two attached hydrogens (primary N) is 1. The number of rotatable bonds is 2. The molecule has 0 aliphatic carbocycles. The van der Waals surface area contributed by atoms with Crippen LogP contribution < -0.4 is 5.73 Å². The Morgan fingerprint density at radius 3 is 2.69 bits per heavy atom. The first kappa shape index (κ1) is 11.4. The summed E-state index contributed by atoms with van der Waals surface area (Å²) in [5, 5.41) is 4.44. The molecule has 3 nitrogen and oxygen atoms in total. The van der Waals surface area contributed by atoms with Gasteiger partial charge in [0, 0.05) is 22.8 Å². The van der Waals surface area contributed by atoms with Gasteiger partial charge in [-0.25, -0.2) is 4.68 Å². The Bertz CT molecular complexity index is 517. The zero-order chi connectivity index (χ0) is 11.7. The summed E-state index contributed by atoms with van der Waals surface area (Å²) in [5.41, 5.74) is 9.96. The number of aromatic nitrogens is 2. The quantitative estimate of drug-likeness (QED) is 0.919. The van der Waals surface area contributed by atoms with Crippen LogP contribution in [0.1, 0.15) is 16.8 Å². The van der Waals surface area contributed by atoms with E-state index in [9.17, 15) is 0 Å². The molecule has 2 rings (SSSR count). The molecule has 0 atom stereocenters. The highest BCUT2D eigenvalue weighted by Gasteiger charge is 2.05. The maximum Gasteiger partial charge on any atom is 0.0649 e. The van der Waals surface area contributed by atoms with E-state index >= 15 is 0 Å². The number of nitrogens with zero attached hydrogens (tertiary/aromatic N) is 2. The van der Waals surface area contributed by atoms with Gasteiger partial charge in [0.05, 0.1) is 11.4 Å². The summed E-state index contributed by atoms with van der Waals surface area (Å²) in [6.45, 7) is 4.57. The maximum absolute atomic E-state index is 5.64. The lowest BCUT2D eigenvalue weighted by Crippen LogP contribution is -1.96. The highest BCUT2D eigenvalue weighted by molar-refractivity contribution is 9.10. The first-order valence-corrected chi connectivity index (χ1v) is 5.93. The molecule has 0 saturated heterocycles. The predicted molar refractivity (Wildman–Crippen MR) is 68.6 cm³/mol. The maximum atomic E-state index is 5.64. The molecular formula is C12H14BrN3. The fourth-order valence-corrected chi connectivity index (χ4v) is 1.85. The first-order valence-electron chi connectivity index (χ1n) is 5.13. The van der Waals surface area contributed by atoms with Gasteiger partial charge in [0.25, 0.3) is 0 Å². The third-order valence-corrected chi connectivity index (χ3v) is 3.52. The molecule has 4 heteroatoms. The molecule has 0 radical (unpaired) electrons. The molecule has 0 aliphatic rings. The van der Waals surface area contributed by atoms with E-state index in [1.807, 2.05) is 29.9 Å². The molecule has 2 N–H and O–H groups in total.